The molecular formula is C16H15N3S2. The van der Waals surface area contributed by atoms with Gasteiger partial charge in [-0.25, -0.2) is 4.98 Å². The lowest BCUT2D eigenvalue weighted by Gasteiger charge is -2.08. The minimum absolute atomic E-state index is 0.792. The molecule has 0 saturated carbocycles. The third kappa shape index (κ3) is 2.13. The summed E-state index contributed by atoms with van der Waals surface area (Å²) in [5, 5.41) is 9.11. The molecule has 3 nitrogen and oxygen atoms in total. The van der Waals surface area contributed by atoms with Gasteiger partial charge in [0.25, 0.3) is 0 Å². The molecule has 1 aromatic carbocycles. The van der Waals surface area contributed by atoms with Crippen LogP contribution in [0.2, 0.25) is 0 Å². The van der Waals surface area contributed by atoms with Gasteiger partial charge in [-0.2, -0.15) is 0 Å². The minimum atomic E-state index is 0.792. The van der Waals surface area contributed by atoms with Crippen LogP contribution in [-0.4, -0.2) is 9.38 Å². The van der Waals surface area contributed by atoms with Gasteiger partial charge in [0.15, 0.2) is 4.96 Å². The summed E-state index contributed by atoms with van der Waals surface area (Å²) in [4.78, 5) is 5.71. The highest BCUT2D eigenvalue weighted by atomic mass is 32.1. The van der Waals surface area contributed by atoms with Gasteiger partial charge >= 0.3 is 0 Å². The fourth-order valence-electron chi connectivity index (χ4n) is 2.64. The second-order valence-corrected chi connectivity index (χ2v) is 6.95. The molecule has 4 aromatic rings. The molecule has 0 radical (unpaired) electrons. The molecule has 3 heterocycles. The third-order valence-electron chi connectivity index (χ3n) is 3.74. The van der Waals surface area contributed by atoms with Crippen LogP contribution in [0.5, 0.6) is 0 Å². The molecule has 4 rings (SSSR count). The summed E-state index contributed by atoms with van der Waals surface area (Å²) in [6, 6.07) is 8.69. The summed E-state index contributed by atoms with van der Waals surface area (Å²) in [5.41, 5.74) is 4.76. The summed E-state index contributed by atoms with van der Waals surface area (Å²) >= 11 is 3.48. The Labute approximate surface area is 130 Å². The van der Waals surface area contributed by atoms with E-state index in [9.17, 15) is 0 Å². The average molecular weight is 313 g/mol. The van der Waals surface area contributed by atoms with Gasteiger partial charge in [0, 0.05) is 21.5 Å². The van der Waals surface area contributed by atoms with Gasteiger partial charge in [0.2, 0.25) is 0 Å². The fraction of sp³-hybridized carbons (Fsp3) is 0.188. The molecule has 0 amide bonds. The molecule has 0 fully saturated rings. The number of thiophene rings is 1. The summed E-state index contributed by atoms with van der Waals surface area (Å²) in [6.45, 7) is 5.00. The summed E-state index contributed by atoms with van der Waals surface area (Å²) in [5.74, 6) is 0. The average Bonchev–Trinajstić information content (AvgIpc) is 3.14. The summed E-state index contributed by atoms with van der Waals surface area (Å²) in [6.07, 6.45) is 0. The van der Waals surface area contributed by atoms with Crippen molar-refractivity contribution >= 4 is 43.4 Å². The predicted octanol–water partition coefficient (Wildman–Crippen LogP) is 4.84. The summed E-state index contributed by atoms with van der Waals surface area (Å²) in [7, 11) is 0. The number of benzene rings is 1. The van der Waals surface area contributed by atoms with E-state index in [1.54, 1.807) is 22.7 Å². The number of nitrogens with one attached hydrogen (secondary N) is 1. The highest BCUT2D eigenvalue weighted by Crippen LogP contribution is 2.25. The van der Waals surface area contributed by atoms with E-state index < -0.39 is 0 Å². The zero-order valence-corrected chi connectivity index (χ0v) is 13.5. The van der Waals surface area contributed by atoms with E-state index in [1.807, 2.05) is 0 Å². The number of aryl methyl sites for hydroxylation is 2. The van der Waals surface area contributed by atoms with Gasteiger partial charge in [-0.05, 0) is 48.9 Å². The first kappa shape index (κ1) is 12.9. The van der Waals surface area contributed by atoms with Gasteiger partial charge in [-0.3, -0.25) is 4.40 Å². The highest BCUT2D eigenvalue weighted by molar-refractivity contribution is 7.17. The first-order valence-electron chi connectivity index (χ1n) is 6.85. The van der Waals surface area contributed by atoms with E-state index in [0.717, 1.165) is 22.9 Å². The largest absolute Gasteiger partial charge is 0.379 e. The molecular weight excluding hydrogens is 298 g/mol. The normalized spacial score (nSPS) is 11.5. The van der Waals surface area contributed by atoms with Crippen molar-refractivity contribution in [2.75, 3.05) is 5.32 Å². The first-order chi connectivity index (χ1) is 10.2. The maximum absolute atomic E-state index is 4.63. The number of imidazole rings is 1. The van der Waals surface area contributed by atoms with Gasteiger partial charge < -0.3 is 5.32 Å². The summed E-state index contributed by atoms with van der Waals surface area (Å²) < 4.78 is 3.58. The van der Waals surface area contributed by atoms with Crippen LogP contribution in [0.25, 0.3) is 15.0 Å². The topological polar surface area (TPSA) is 29.3 Å². The van der Waals surface area contributed by atoms with Crippen molar-refractivity contribution in [2.24, 2.45) is 0 Å². The smallest absolute Gasteiger partial charge is 0.194 e. The van der Waals surface area contributed by atoms with Crippen LogP contribution < -0.4 is 5.32 Å². The lowest BCUT2D eigenvalue weighted by atomic mass is 10.2. The lowest BCUT2D eigenvalue weighted by Crippen LogP contribution is -2.04. The molecule has 0 bridgehead atoms. The van der Waals surface area contributed by atoms with Gasteiger partial charge in [-0.15, -0.1) is 22.7 Å². The van der Waals surface area contributed by atoms with Crippen LogP contribution in [0.15, 0.2) is 35.0 Å². The third-order valence-corrected chi connectivity index (χ3v) is 5.58. The maximum Gasteiger partial charge on any atom is 0.194 e. The van der Waals surface area contributed by atoms with E-state index in [2.05, 4.69) is 63.6 Å². The molecule has 0 saturated heterocycles. The molecule has 1 N–H and O–H groups in total. The number of anilines is 1. The number of thiazole rings is 1. The standard InChI is InChI=1S/C16H15N3S2/c1-10-9-21-16-18-11(2)14(19(10)16)8-17-13-3-4-15-12(7-13)5-6-20-15/h3-7,9,17H,8H2,1-2H3. The molecule has 5 heteroatoms. The zero-order valence-electron chi connectivity index (χ0n) is 11.9. The van der Waals surface area contributed by atoms with E-state index in [1.165, 1.54) is 21.5 Å². The van der Waals surface area contributed by atoms with E-state index in [0.29, 0.717) is 0 Å². The van der Waals surface area contributed by atoms with Crippen LogP contribution in [0.1, 0.15) is 17.1 Å². The Morgan fingerprint density at radius 2 is 2.10 bits per heavy atom. The SMILES string of the molecule is Cc1nc2scc(C)n2c1CNc1ccc2sccc2c1. The highest BCUT2D eigenvalue weighted by Gasteiger charge is 2.11. The number of rotatable bonds is 3. The molecule has 0 atom stereocenters. The predicted molar refractivity (Wildman–Crippen MR) is 91.7 cm³/mol. The molecule has 0 aliphatic carbocycles. The second-order valence-electron chi connectivity index (χ2n) is 5.17. The van der Waals surface area contributed by atoms with Crippen LogP contribution in [-0.2, 0) is 6.54 Å². The number of fused-ring (bicyclic) bond motifs is 2. The van der Waals surface area contributed by atoms with E-state index in [-0.39, 0.29) is 0 Å². The van der Waals surface area contributed by atoms with Crippen LogP contribution in [0.3, 0.4) is 0 Å². The molecule has 21 heavy (non-hydrogen) atoms. The number of nitrogens with zero attached hydrogens (tertiary/aromatic N) is 2. The fourth-order valence-corrected chi connectivity index (χ4v) is 4.34. The van der Waals surface area contributed by atoms with E-state index in [4.69, 9.17) is 0 Å². The quantitative estimate of drug-likeness (QED) is 0.586. The van der Waals surface area contributed by atoms with Crippen molar-refractivity contribution in [1.82, 2.24) is 9.38 Å². The Hall–Kier alpha value is -1.85. The first-order valence-corrected chi connectivity index (χ1v) is 8.61. The van der Waals surface area contributed by atoms with Crippen molar-refractivity contribution in [3.05, 3.63) is 52.1 Å². The minimum Gasteiger partial charge on any atom is -0.379 e. The van der Waals surface area contributed by atoms with Crippen molar-refractivity contribution in [3.8, 4) is 0 Å². The monoisotopic (exact) mass is 313 g/mol. The Bertz CT molecular complexity index is 930. The van der Waals surface area contributed by atoms with Crippen molar-refractivity contribution in [1.29, 1.82) is 0 Å². The number of hydrogen-bond acceptors (Lipinski definition) is 4. The molecule has 0 aliphatic rings. The van der Waals surface area contributed by atoms with E-state index >= 15 is 0 Å². The molecule has 106 valence electrons. The van der Waals surface area contributed by atoms with Crippen molar-refractivity contribution in [2.45, 2.75) is 20.4 Å². The maximum atomic E-state index is 4.63. The van der Waals surface area contributed by atoms with Crippen LogP contribution >= 0.6 is 22.7 Å². The van der Waals surface area contributed by atoms with Crippen LogP contribution in [0, 0.1) is 13.8 Å². The zero-order chi connectivity index (χ0) is 14.4. The Kier molecular flexibility index (Phi) is 2.97. The van der Waals surface area contributed by atoms with Gasteiger partial charge in [0.1, 0.15) is 0 Å². The molecule has 3 aromatic heterocycles. The van der Waals surface area contributed by atoms with Crippen LogP contribution in [0.4, 0.5) is 5.69 Å². The Morgan fingerprint density at radius 3 is 3.00 bits per heavy atom. The Balaban J connectivity index is 1.65. The van der Waals surface area contributed by atoms with Gasteiger partial charge in [-0.1, -0.05) is 0 Å². The number of hydrogen-bond donors (Lipinski definition) is 1. The number of aromatic nitrogens is 2. The van der Waals surface area contributed by atoms with Gasteiger partial charge in [0.05, 0.1) is 17.9 Å². The second kappa shape index (κ2) is 4.86. The molecule has 0 spiro atoms. The lowest BCUT2D eigenvalue weighted by molar-refractivity contribution is 0.967. The molecule has 0 aliphatic heterocycles. The Morgan fingerprint density at radius 1 is 1.19 bits per heavy atom. The van der Waals surface area contributed by atoms with Crippen molar-refractivity contribution in [3.63, 3.8) is 0 Å². The molecule has 0 unspecified atom stereocenters. The van der Waals surface area contributed by atoms with Crippen molar-refractivity contribution < 1.29 is 0 Å².